The molecule has 136 valence electrons. The SMILES string of the molecule is Clc1ccc(-c2nc3sccn3c2/C=N\OCc2ccc(Cl)cc2Cl)cc1. The van der Waals surface area contributed by atoms with E-state index in [1.807, 2.05) is 46.3 Å². The first-order valence-corrected chi connectivity index (χ1v) is 9.94. The van der Waals surface area contributed by atoms with Crippen LogP contribution in [0.15, 0.2) is 59.2 Å². The topological polar surface area (TPSA) is 38.9 Å². The molecule has 0 radical (unpaired) electrons. The highest BCUT2D eigenvalue weighted by Crippen LogP contribution is 2.27. The number of benzene rings is 2. The van der Waals surface area contributed by atoms with Crippen LogP contribution in [-0.2, 0) is 11.4 Å². The number of nitrogens with zero attached hydrogens (tertiary/aromatic N) is 3. The van der Waals surface area contributed by atoms with Crippen molar-refractivity contribution in [3.8, 4) is 11.3 Å². The van der Waals surface area contributed by atoms with Gasteiger partial charge in [-0.1, -0.05) is 58.2 Å². The standard InChI is InChI=1S/C19H12Cl3N3OS/c20-14-4-1-12(2-5-14)18-17(25-7-8-27-19(25)24-18)10-23-26-11-13-3-6-15(21)9-16(13)22/h1-10H,11H2/b23-10-. The van der Waals surface area contributed by atoms with Gasteiger partial charge in [-0.2, -0.15) is 0 Å². The van der Waals surface area contributed by atoms with Crippen molar-refractivity contribution >= 4 is 57.3 Å². The zero-order valence-corrected chi connectivity index (χ0v) is 16.9. The summed E-state index contributed by atoms with van der Waals surface area (Å²) < 4.78 is 1.97. The predicted octanol–water partition coefficient (Wildman–Crippen LogP) is 6.57. The Bertz CT molecular complexity index is 1120. The molecule has 0 unspecified atom stereocenters. The van der Waals surface area contributed by atoms with Crippen LogP contribution < -0.4 is 0 Å². The Balaban J connectivity index is 1.59. The maximum atomic E-state index is 6.15. The van der Waals surface area contributed by atoms with Crippen molar-refractivity contribution in [2.45, 2.75) is 6.61 Å². The molecule has 27 heavy (non-hydrogen) atoms. The highest BCUT2D eigenvalue weighted by Gasteiger charge is 2.13. The number of halogens is 3. The van der Waals surface area contributed by atoms with E-state index in [9.17, 15) is 0 Å². The van der Waals surface area contributed by atoms with Gasteiger partial charge in [-0.15, -0.1) is 11.3 Å². The smallest absolute Gasteiger partial charge is 0.194 e. The fourth-order valence-electron chi connectivity index (χ4n) is 2.58. The van der Waals surface area contributed by atoms with Crippen LogP contribution in [0.1, 0.15) is 11.3 Å². The monoisotopic (exact) mass is 435 g/mol. The van der Waals surface area contributed by atoms with Gasteiger partial charge in [0.25, 0.3) is 0 Å². The third-order valence-electron chi connectivity index (χ3n) is 3.90. The number of rotatable bonds is 5. The van der Waals surface area contributed by atoms with Crippen molar-refractivity contribution in [2.75, 3.05) is 0 Å². The predicted molar refractivity (Wildman–Crippen MR) is 112 cm³/mol. The van der Waals surface area contributed by atoms with Gasteiger partial charge in [0.15, 0.2) is 4.96 Å². The van der Waals surface area contributed by atoms with Gasteiger partial charge >= 0.3 is 0 Å². The molecule has 0 bridgehead atoms. The molecule has 0 fully saturated rings. The highest BCUT2D eigenvalue weighted by molar-refractivity contribution is 7.15. The van der Waals surface area contributed by atoms with Crippen molar-refractivity contribution in [1.29, 1.82) is 0 Å². The van der Waals surface area contributed by atoms with Crippen molar-refractivity contribution < 1.29 is 4.84 Å². The van der Waals surface area contributed by atoms with E-state index in [2.05, 4.69) is 10.1 Å². The Morgan fingerprint density at radius 2 is 1.85 bits per heavy atom. The Kier molecular flexibility index (Phi) is 5.36. The van der Waals surface area contributed by atoms with E-state index in [0.29, 0.717) is 15.1 Å². The molecule has 8 heteroatoms. The maximum absolute atomic E-state index is 6.15. The van der Waals surface area contributed by atoms with E-state index < -0.39 is 0 Å². The minimum atomic E-state index is 0.244. The third-order valence-corrected chi connectivity index (χ3v) is 5.50. The minimum Gasteiger partial charge on any atom is -0.391 e. The number of hydrogen-bond donors (Lipinski definition) is 0. The van der Waals surface area contributed by atoms with Crippen LogP contribution >= 0.6 is 46.1 Å². The molecule has 0 saturated heterocycles. The summed E-state index contributed by atoms with van der Waals surface area (Å²) in [4.78, 5) is 11.0. The molecular weight excluding hydrogens is 425 g/mol. The van der Waals surface area contributed by atoms with Gasteiger partial charge in [-0.3, -0.25) is 4.40 Å². The van der Waals surface area contributed by atoms with Crippen molar-refractivity contribution in [2.24, 2.45) is 5.16 Å². The van der Waals surface area contributed by atoms with E-state index in [0.717, 1.165) is 27.5 Å². The lowest BCUT2D eigenvalue weighted by Crippen LogP contribution is -1.94. The molecule has 4 rings (SSSR count). The van der Waals surface area contributed by atoms with E-state index in [4.69, 9.17) is 39.6 Å². The number of hydrogen-bond acceptors (Lipinski definition) is 4. The van der Waals surface area contributed by atoms with Gasteiger partial charge in [0.2, 0.25) is 0 Å². The number of oxime groups is 1. The van der Waals surface area contributed by atoms with Crippen LogP contribution in [0.25, 0.3) is 16.2 Å². The van der Waals surface area contributed by atoms with E-state index in [-0.39, 0.29) is 6.61 Å². The normalized spacial score (nSPS) is 11.5. The average molecular weight is 437 g/mol. The van der Waals surface area contributed by atoms with Gasteiger partial charge in [-0.25, -0.2) is 4.98 Å². The summed E-state index contributed by atoms with van der Waals surface area (Å²) in [5, 5.41) is 7.89. The first kappa shape index (κ1) is 18.3. The number of thiazole rings is 1. The number of imidazole rings is 1. The van der Waals surface area contributed by atoms with Gasteiger partial charge in [0.1, 0.15) is 6.61 Å². The van der Waals surface area contributed by atoms with Crippen molar-refractivity contribution in [3.63, 3.8) is 0 Å². The van der Waals surface area contributed by atoms with Gasteiger partial charge in [0.05, 0.1) is 17.6 Å². The first-order valence-electron chi connectivity index (χ1n) is 7.92. The van der Waals surface area contributed by atoms with E-state index >= 15 is 0 Å². The third kappa shape index (κ3) is 3.96. The second-order valence-corrected chi connectivity index (χ2v) is 7.80. The van der Waals surface area contributed by atoms with Crippen molar-refractivity contribution in [1.82, 2.24) is 9.38 Å². The Morgan fingerprint density at radius 3 is 2.63 bits per heavy atom. The average Bonchev–Trinajstić information content (AvgIpc) is 3.23. The molecule has 4 aromatic rings. The van der Waals surface area contributed by atoms with Crippen LogP contribution in [0.5, 0.6) is 0 Å². The second-order valence-electron chi connectivity index (χ2n) is 5.65. The van der Waals surface area contributed by atoms with E-state index in [1.54, 1.807) is 29.7 Å². The van der Waals surface area contributed by atoms with E-state index in [1.165, 1.54) is 0 Å². The fourth-order valence-corrected chi connectivity index (χ4v) is 3.89. The molecule has 0 saturated carbocycles. The summed E-state index contributed by atoms with van der Waals surface area (Å²) in [5.74, 6) is 0. The summed E-state index contributed by atoms with van der Waals surface area (Å²) in [6.07, 6.45) is 3.60. The van der Waals surface area contributed by atoms with Crippen LogP contribution in [0.2, 0.25) is 15.1 Å². The number of aromatic nitrogens is 2. The molecule has 0 aliphatic heterocycles. The Labute approximate surface area is 174 Å². The molecule has 0 N–H and O–H groups in total. The summed E-state index contributed by atoms with van der Waals surface area (Å²) >= 11 is 19.6. The summed E-state index contributed by atoms with van der Waals surface area (Å²) in [7, 11) is 0. The first-order chi connectivity index (χ1) is 13.1. The maximum Gasteiger partial charge on any atom is 0.194 e. The van der Waals surface area contributed by atoms with Gasteiger partial charge in [-0.05, 0) is 24.3 Å². The van der Waals surface area contributed by atoms with Crippen molar-refractivity contribution in [3.05, 3.63) is 80.4 Å². The highest BCUT2D eigenvalue weighted by atomic mass is 35.5. The molecule has 4 nitrogen and oxygen atoms in total. The molecule has 0 aliphatic rings. The Hall–Kier alpha value is -2.05. The fraction of sp³-hybridized carbons (Fsp3) is 0.0526. The Morgan fingerprint density at radius 1 is 1.07 bits per heavy atom. The number of fused-ring (bicyclic) bond motifs is 1. The molecule has 0 atom stereocenters. The summed E-state index contributed by atoms with van der Waals surface area (Å²) in [6.45, 7) is 0.244. The second kappa shape index (κ2) is 7.90. The summed E-state index contributed by atoms with van der Waals surface area (Å²) in [6, 6.07) is 12.8. The lowest BCUT2D eigenvalue weighted by Gasteiger charge is -2.03. The molecule has 0 spiro atoms. The molecule has 2 aromatic heterocycles. The quantitative estimate of drug-likeness (QED) is 0.262. The van der Waals surface area contributed by atoms with Gasteiger partial charge in [0, 0.05) is 37.8 Å². The summed E-state index contributed by atoms with van der Waals surface area (Å²) in [5.41, 5.74) is 3.41. The molecular formula is C19H12Cl3N3OS. The van der Waals surface area contributed by atoms with Crippen LogP contribution in [0.4, 0.5) is 0 Å². The largest absolute Gasteiger partial charge is 0.391 e. The zero-order chi connectivity index (χ0) is 18.8. The molecule has 0 amide bonds. The van der Waals surface area contributed by atoms with Crippen LogP contribution in [0, 0.1) is 0 Å². The molecule has 2 aromatic carbocycles. The van der Waals surface area contributed by atoms with Crippen LogP contribution in [-0.4, -0.2) is 15.6 Å². The molecule has 0 aliphatic carbocycles. The molecule has 2 heterocycles. The lowest BCUT2D eigenvalue weighted by atomic mass is 10.1. The lowest BCUT2D eigenvalue weighted by molar-refractivity contribution is 0.132. The zero-order valence-electron chi connectivity index (χ0n) is 13.8. The minimum absolute atomic E-state index is 0.244. The van der Waals surface area contributed by atoms with Gasteiger partial charge < -0.3 is 4.84 Å². The van der Waals surface area contributed by atoms with Crippen LogP contribution in [0.3, 0.4) is 0 Å².